The number of nitrogens with zero attached hydrogens (tertiary/aromatic N) is 3. The summed E-state index contributed by atoms with van der Waals surface area (Å²) in [5.41, 5.74) is 3.36. The van der Waals surface area contributed by atoms with Gasteiger partial charge in [0, 0.05) is 32.4 Å². The molecule has 0 amide bonds. The molecule has 2 aromatic heterocycles. The zero-order chi connectivity index (χ0) is 13.9. The topological polar surface area (TPSA) is 38.5 Å². The smallest absolute Gasteiger partial charge is 0.177 e. The molecule has 20 heavy (non-hydrogen) atoms. The van der Waals surface area contributed by atoms with Crippen molar-refractivity contribution < 1.29 is 0 Å². The Morgan fingerprint density at radius 2 is 2.00 bits per heavy atom. The van der Waals surface area contributed by atoms with Gasteiger partial charge in [0.05, 0.1) is 11.4 Å². The fraction of sp³-hybridized carbons (Fsp3) is 0.200. The van der Waals surface area contributed by atoms with Crippen molar-refractivity contribution >= 4 is 12.2 Å². The summed E-state index contributed by atoms with van der Waals surface area (Å²) in [7, 11) is 1.93. The Labute approximate surface area is 122 Å². The molecule has 1 N–H and O–H groups in total. The van der Waals surface area contributed by atoms with Crippen LogP contribution in [-0.4, -0.2) is 19.3 Å². The Kier molecular flexibility index (Phi) is 3.52. The van der Waals surface area contributed by atoms with E-state index in [-0.39, 0.29) is 0 Å². The Bertz CT molecular complexity index is 752. The number of hydrogen-bond acceptors (Lipinski definition) is 2. The molecular weight excluding hydrogens is 268 g/mol. The van der Waals surface area contributed by atoms with Gasteiger partial charge in [-0.2, -0.15) is 5.10 Å². The third-order valence-electron chi connectivity index (χ3n) is 3.30. The second kappa shape index (κ2) is 5.46. The molecule has 3 rings (SSSR count). The van der Waals surface area contributed by atoms with Gasteiger partial charge in [0.15, 0.2) is 4.77 Å². The molecule has 0 radical (unpaired) electrons. The molecule has 0 aliphatic rings. The Morgan fingerprint density at radius 3 is 2.70 bits per heavy atom. The first-order chi connectivity index (χ1) is 9.74. The van der Waals surface area contributed by atoms with Gasteiger partial charge in [-0.15, -0.1) is 0 Å². The first-order valence-electron chi connectivity index (χ1n) is 6.56. The minimum Gasteiger partial charge on any atom is -0.337 e. The molecule has 0 fully saturated rings. The van der Waals surface area contributed by atoms with E-state index in [0.717, 1.165) is 29.1 Å². The molecule has 1 aromatic carbocycles. The van der Waals surface area contributed by atoms with Crippen LogP contribution in [0.2, 0.25) is 0 Å². The van der Waals surface area contributed by atoms with Gasteiger partial charge in [0.25, 0.3) is 0 Å². The van der Waals surface area contributed by atoms with Gasteiger partial charge in [-0.25, -0.2) is 0 Å². The number of aromatic amines is 1. The van der Waals surface area contributed by atoms with Crippen LogP contribution in [0.15, 0.2) is 48.8 Å². The maximum absolute atomic E-state index is 5.38. The van der Waals surface area contributed by atoms with Crippen LogP contribution in [0.3, 0.4) is 0 Å². The largest absolute Gasteiger partial charge is 0.337 e. The van der Waals surface area contributed by atoms with Crippen molar-refractivity contribution in [3.63, 3.8) is 0 Å². The molecule has 0 saturated carbocycles. The molecule has 4 nitrogen and oxygen atoms in total. The number of aryl methyl sites for hydroxylation is 2. The summed E-state index contributed by atoms with van der Waals surface area (Å²) in [6, 6.07) is 12.3. The minimum atomic E-state index is 0.750. The summed E-state index contributed by atoms with van der Waals surface area (Å²) < 4.78 is 4.70. The molecule has 0 bridgehead atoms. The van der Waals surface area contributed by atoms with Crippen molar-refractivity contribution in [2.45, 2.75) is 13.0 Å². The number of nitrogens with one attached hydrogen (secondary N) is 1. The summed E-state index contributed by atoms with van der Waals surface area (Å²) in [5.74, 6) is 0. The van der Waals surface area contributed by atoms with Gasteiger partial charge in [-0.05, 0) is 23.8 Å². The zero-order valence-electron chi connectivity index (χ0n) is 11.3. The van der Waals surface area contributed by atoms with E-state index < -0.39 is 0 Å². The van der Waals surface area contributed by atoms with Crippen LogP contribution < -0.4 is 0 Å². The number of imidazole rings is 1. The SMILES string of the molecule is Cn1ccc(CCn2c(-c3ccccc3)c[nH]c2=S)n1. The predicted octanol–water partition coefficient (Wildman–Crippen LogP) is 3.19. The highest BCUT2D eigenvalue weighted by Gasteiger charge is 2.07. The third-order valence-corrected chi connectivity index (χ3v) is 3.64. The fourth-order valence-corrected chi connectivity index (χ4v) is 2.54. The number of hydrogen-bond donors (Lipinski definition) is 1. The van der Waals surface area contributed by atoms with E-state index in [4.69, 9.17) is 12.2 Å². The van der Waals surface area contributed by atoms with Crippen molar-refractivity contribution in [2.75, 3.05) is 0 Å². The first kappa shape index (κ1) is 12.9. The average Bonchev–Trinajstić information content (AvgIpc) is 3.04. The summed E-state index contributed by atoms with van der Waals surface area (Å²) in [6.45, 7) is 0.823. The predicted molar refractivity (Wildman–Crippen MR) is 82.0 cm³/mol. The zero-order valence-corrected chi connectivity index (χ0v) is 12.1. The van der Waals surface area contributed by atoms with E-state index in [1.165, 1.54) is 5.56 Å². The van der Waals surface area contributed by atoms with Crippen LogP contribution in [0.1, 0.15) is 5.69 Å². The second-order valence-corrected chi connectivity index (χ2v) is 5.11. The van der Waals surface area contributed by atoms with Gasteiger partial charge < -0.3 is 9.55 Å². The average molecular weight is 284 g/mol. The standard InChI is InChI=1S/C15H16N4S/c1-18-9-7-13(17-18)8-10-19-14(11-16-15(19)20)12-5-3-2-4-6-12/h2-7,9,11H,8,10H2,1H3,(H,16,20). The molecule has 102 valence electrons. The Balaban J connectivity index is 1.86. The van der Waals surface area contributed by atoms with Gasteiger partial charge >= 0.3 is 0 Å². The monoisotopic (exact) mass is 284 g/mol. The summed E-state index contributed by atoms with van der Waals surface area (Å²) in [4.78, 5) is 3.13. The van der Waals surface area contributed by atoms with Gasteiger partial charge in [-0.3, -0.25) is 4.68 Å². The summed E-state index contributed by atoms with van der Waals surface area (Å²) in [5, 5.41) is 4.40. The highest BCUT2D eigenvalue weighted by Crippen LogP contribution is 2.19. The van der Waals surface area contributed by atoms with Crippen molar-refractivity contribution in [3.05, 3.63) is 59.3 Å². The van der Waals surface area contributed by atoms with Gasteiger partial charge in [0.1, 0.15) is 0 Å². The number of H-pyrrole nitrogens is 1. The van der Waals surface area contributed by atoms with E-state index in [9.17, 15) is 0 Å². The fourth-order valence-electron chi connectivity index (χ4n) is 2.29. The van der Waals surface area contributed by atoms with E-state index in [1.807, 2.05) is 48.4 Å². The van der Waals surface area contributed by atoms with Crippen LogP contribution >= 0.6 is 12.2 Å². The van der Waals surface area contributed by atoms with Crippen molar-refractivity contribution in [1.29, 1.82) is 0 Å². The quantitative estimate of drug-likeness (QED) is 0.747. The number of rotatable bonds is 4. The molecule has 3 aromatic rings. The van der Waals surface area contributed by atoms with Crippen LogP contribution in [-0.2, 0) is 20.0 Å². The van der Waals surface area contributed by atoms with Crippen LogP contribution in [0.4, 0.5) is 0 Å². The lowest BCUT2D eigenvalue weighted by molar-refractivity contribution is 0.662. The normalized spacial score (nSPS) is 10.8. The Hall–Kier alpha value is -2.14. The number of benzene rings is 1. The highest BCUT2D eigenvalue weighted by atomic mass is 32.1. The maximum atomic E-state index is 5.38. The molecule has 5 heteroatoms. The highest BCUT2D eigenvalue weighted by molar-refractivity contribution is 7.71. The molecule has 2 heterocycles. The molecular formula is C15H16N4S. The number of aromatic nitrogens is 4. The molecule has 0 unspecified atom stereocenters. The third kappa shape index (κ3) is 2.58. The molecule has 0 atom stereocenters. The maximum Gasteiger partial charge on any atom is 0.177 e. The summed E-state index contributed by atoms with van der Waals surface area (Å²) in [6.07, 6.45) is 4.80. The molecule has 0 aliphatic heterocycles. The van der Waals surface area contributed by atoms with E-state index >= 15 is 0 Å². The van der Waals surface area contributed by atoms with Gasteiger partial charge in [-0.1, -0.05) is 30.3 Å². The van der Waals surface area contributed by atoms with E-state index in [1.54, 1.807) is 0 Å². The Morgan fingerprint density at radius 1 is 1.20 bits per heavy atom. The van der Waals surface area contributed by atoms with Crippen molar-refractivity contribution in [3.8, 4) is 11.3 Å². The molecule has 0 aliphatic carbocycles. The van der Waals surface area contributed by atoms with Crippen molar-refractivity contribution in [2.24, 2.45) is 7.05 Å². The van der Waals surface area contributed by atoms with Crippen molar-refractivity contribution in [1.82, 2.24) is 19.3 Å². The second-order valence-electron chi connectivity index (χ2n) is 4.73. The lowest BCUT2D eigenvalue weighted by Gasteiger charge is -2.07. The molecule has 0 saturated heterocycles. The minimum absolute atomic E-state index is 0.750. The van der Waals surface area contributed by atoms with E-state index in [2.05, 4.69) is 26.8 Å². The van der Waals surface area contributed by atoms with Crippen LogP contribution in [0.25, 0.3) is 11.3 Å². The van der Waals surface area contributed by atoms with Crippen LogP contribution in [0.5, 0.6) is 0 Å². The first-order valence-corrected chi connectivity index (χ1v) is 6.97. The van der Waals surface area contributed by atoms with Gasteiger partial charge in [0.2, 0.25) is 0 Å². The molecule has 0 spiro atoms. The lowest BCUT2D eigenvalue weighted by atomic mass is 10.1. The van der Waals surface area contributed by atoms with E-state index in [0.29, 0.717) is 0 Å². The van der Waals surface area contributed by atoms with Crippen LogP contribution in [0, 0.1) is 4.77 Å². The summed E-state index contributed by atoms with van der Waals surface area (Å²) >= 11 is 5.38. The lowest BCUT2D eigenvalue weighted by Crippen LogP contribution is -2.04.